The number of nitrogens with one attached hydrogen (secondary N) is 1. The molecule has 0 spiro atoms. The summed E-state index contributed by atoms with van der Waals surface area (Å²) in [5, 5.41) is 12.7. The molecule has 0 aromatic carbocycles. The fraction of sp³-hybridized carbons (Fsp3) is 0.667. The number of rotatable bonds is 5. The normalized spacial score (nSPS) is 17.5. The van der Waals surface area contributed by atoms with E-state index in [0.29, 0.717) is 12.2 Å². The highest BCUT2D eigenvalue weighted by atomic mass is 32.1. The lowest BCUT2D eigenvalue weighted by Crippen LogP contribution is -2.37. The Kier molecular flexibility index (Phi) is 3.79. The maximum absolute atomic E-state index is 11.6. The zero-order chi connectivity index (χ0) is 12.3. The van der Waals surface area contributed by atoms with Crippen molar-refractivity contribution in [2.75, 3.05) is 6.54 Å². The maximum atomic E-state index is 11.6. The number of hydrogen-bond acceptors (Lipinski definition) is 4. The molecule has 2 rings (SSSR count). The minimum Gasteiger partial charge on any atom is -0.390 e. The van der Waals surface area contributed by atoms with Gasteiger partial charge in [0, 0.05) is 11.4 Å². The standard InChI is InChI=1S/C12H18N2O2S/c1-9-8-10(14-17-9)11(15)13-7-3-6-12(16)4-2-5-12/h8,16H,2-7H2,1H3,(H,13,15). The molecule has 1 heterocycles. The molecule has 0 unspecified atom stereocenters. The second-order valence-electron chi connectivity index (χ2n) is 4.76. The van der Waals surface area contributed by atoms with Crippen LogP contribution in [0.25, 0.3) is 0 Å². The van der Waals surface area contributed by atoms with Gasteiger partial charge in [0.2, 0.25) is 0 Å². The minimum absolute atomic E-state index is 0.116. The van der Waals surface area contributed by atoms with Crippen LogP contribution in [0, 0.1) is 6.92 Å². The first-order valence-electron chi connectivity index (χ1n) is 6.03. The summed E-state index contributed by atoms with van der Waals surface area (Å²) in [5.41, 5.74) is 0.0527. The molecule has 4 nitrogen and oxygen atoms in total. The van der Waals surface area contributed by atoms with Crippen LogP contribution in [0.3, 0.4) is 0 Å². The van der Waals surface area contributed by atoms with Crippen molar-refractivity contribution in [1.29, 1.82) is 0 Å². The first-order valence-corrected chi connectivity index (χ1v) is 6.80. The van der Waals surface area contributed by atoms with Crippen LogP contribution in [-0.2, 0) is 0 Å². The molecule has 0 saturated heterocycles. The molecule has 17 heavy (non-hydrogen) atoms. The van der Waals surface area contributed by atoms with E-state index >= 15 is 0 Å². The Labute approximate surface area is 105 Å². The van der Waals surface area contributed by atoms with Crippen LogP contribution in [0.15, 0.2) is 6.07 Å². The molecule has 1 saturated carbocycles. The monoisotopic (exact) mass is 254 g/mol. The number of carbonyl (C=O) groups is 1. The van der Waals surface area contributed by atoms with Gasteiger partial charge in [-0.3, -0.25) is 4.79 Å². The summed E-state index contributed by atoms with van der Waals surface area (Å²) in [6.45, 7) is 2.54. The van der Waals surface area contributed by atoms with Crippen molar-refractivity contribution in [2.45, 2.75) is 44.6 Å². The highest BCUT2D eigenvalue weighted by molar-refractivity contribution is 7.05. The minimum atomic E-state index is -0.443. The summed E-state index contributed by atoms with van der Waals surface area (Å²) in [4.78, 5) is 12.7. The maximum Gasteiger partial charge on any atom is 0.270 e. The molecule has 0 radical (unpaired) electrons. The SMILES string of the molecule is Cc1cc(C(=O)NCCCC2(O)CCC2)ns1. The van der Waals surface area contributed by atoms with Gasteiger partial charge in [0.15, 0.2) is 0 Å². The highest BCUT2D eigenvalue weighted by Gasteiger charge is 2.33. The zero-order valence-electron chi connectivity index (χ0n) is 10.0. The summed E-state index contributed by atoms with van der Waals surface area (Å²) in [5.74, 6) is -0.116. The van der Waals surface area contributed by atoms with E-state index in [-0.39, 0.29) is 5.91 Å². The predicted molar refractivity (Wildman–Crippen MR) is 67.2 cm³/mol. The molecule has 1 aromatic heterocycles. The van der Waals surface area contributed by atoms with Crippen LogP contribution in [0.2, 0.25) is 0 Å². The number of aromatic nitrogens is 1. The topological polar surface area (TPSA) is 62.2 Å². The van der Waals surface area contributed by atoms with Crippen LogP contribution in [0.4, 0.5) is 0 Å². The first-order chi connectivity index (χ1) is 8.09. The molecule has 1 aromatic rings. The molecule has 94 valence electrons. The van der Waals surface area contributed by atoms with E-state index in [9.17, 15) is 9.90 Å². The molecule has 0 bridgehead atoms. The quantitative estimate of drug-likeness (QED) is 0.789. The van der Waals surface area contributed by atoms with E-state index in [2.05, 4.69) is 9.69 Å². The van der Waals surface area contributed by atoms with Gasteiger partial charge < -0.3 is 10.4 Å². The van der Waals surface area contributed by atoms with Crippen molar-refractivity contribution in [2.24, 2.45) is 0 Å². The van der Waals surface area contributed by atoms with E-state index in [1.54, 1.807) is 6.07 Å². The Balaban J connectivity index is 1.66. The van der Waals surface area contributed by atoms with E-state index < -0.39 is 5.60 Å². The Morgan fingerprint density at radius 1 is 1.65 bits per heavy atom. The molecule has 5 heteroatoms. The molecular weight excluding hydrogens is 236 g/mol. The van der Waals surface area contributed by atoms with E-state index in [0.717, 1.165) is 37.0 Å². The summed E-state index contributed by atoms with van der Waals surface area (Å²) < 4.78 is 4.05. The van der Waals surface area contributed by atoms with Gasteiger partial charge in [0.05, 0.1) is 5.60 Å². The molecule has 0 aliphatic heterocycles. The van der Waals surface area contributed by atoms with Crippen molar-refractivity contribution in [3.63, 3.8) is 0 Å². The van der Waals surface area contributed by atoms with Crippen molar-refractivity contribution in [1.82, 2.24) is 9.69 Å². The van der Waals surface area contributed by atoms with E-state index in [1.807, 2.05) is 6.92 Å². The van der Waals surface area contributed by atoms with Gasteiger partial charge in [-0.05, 0) is 56.6 Å². The highest BCUT2D eigenvalue weighted by Crippen LogP contribution is 2.35. The van der Waals surface area contributed by atoms with E-state index in [1.165, 1.54) is 11.5 Å². The van der Waals surface area contributed by atoms with Crippen LogP contribution >= 0.6 is 11.5 Å². The average molecular weight is 254 g/mol. The van der Waals surface area contributed by atoms with Crippen molar-refractivity contribution >= 4 is 17.4 Å². The van der Waals surface area contributed by atoms with Gasteiger partial charge in [0.25, 0.3) is 5.91 Å². The number of hydrogen-bond donors (Lipinski definition) is 2. The van der Waals surface area contributed by atoms with Crippen molar-refractivity contribution < 1.29 is 9.90 Å². The molecule has 1 aliphatic carbocycles. The Bertz CT molecular complexity index is 399. The van der Waals surface area contributed by atoms with Crippen LogP contribution in [0.1, 0.15) is 47.5 Å². The second kappa shape index (κ2) is 5.14. The van der Waals surface area contributed by atoms with Crippen LogP contribution in [-0.4, -0.2) is 27.5 Å². The molecule has 1 amide bonds. The number of amides is 1. The molecule has 1 fully saturated rings. The summed E-state index contributed by atoms with van der Waals surface area (Å²) in [7, 11) is 0. The number of carbonyl (C=O) groups excluding carboxylic acids is 1. The number of aliphatic hydroxyl groups is 1. The third kappa shape index (κ3) is 3.26. The zero-order valence-corrected chi connectivity index (χ0v) is 10.8. The first kappa shape index (κ1) is 12.5. The Morgan fingerprint density at radius 3 is 2.94 bits per heavy atom. The molecule has 1 aliphatic rings. The lowest BCUT2D eigenvalue weighted by Gasteiger charge is -2.36. The summed E-state index contributed by atoms with van der Waals surface area (Å²) in [6.07, 6.45) is 4.55. The van der Waals surface area contributed by atoms with E-state index in [4.69, 9.17) is 0 Å². The average Bonchev–Trinajstić information content (AvgIpc) is 2.68. The lowest BCUT2D eigenvalue weighted by atomic mass is 9.77. The van der Waals surface area contributed by atoms with Gasteiger partial charge in [-0.15, -0.1) is 0 Å². The number of aryl methyl sites for hydroxylation is 1. The Morgan fingerprint density at radius 2 is 2.41 bits per heavy atom. The third-order valence-electron chi connectivity index (χ3n) is 3.25. The summed E-state index contributed by atoms with van der Waals surface area (Å²) >= 11 is 1.34. The molecule has 2 N–H and O–H groups in total. The molecule has 0 atom stereocenters. The van der Waals surface area contributed by atoms with Gasteiger partial charge in [-0.2, -0.15) is 4.37 Å². The fourth-order valence-electron chi connectivity index (χ4n) is 2.02. The van der Waals surface area contributed by atoms with Crippen molar-refractivity contribution in [3.05, 3.63) is 16.6 Å². The van der Waals surface area contributed by atoms with Gasteiger partial charge in [-0.1, -0.05) is 0 Å². The van der Waals surface area contributed by atoms with Gasteiger partial charge >= 0.3 is 0 Å². The smallest absolute Gasteiger partial charge is 0.270 e. The third-order valence-corrected chi connectivity index (χ3v) is 3.94. The van der Waals surface area contributed by atoms with Crippen molar-refractivity contribution in [3.8, 4) is 0 Å². The molecular formula is C12H18N2O2S. The van der Waals surface area contributed by atoms with Gasteiger partial charge in [0.1, 0.15) is 5.69 Å². The van der Waals surface area contributed by atoms with Crippen LogP contribution < -0.4 is 5.32 Å². The van der Waals surface area contributed by atoms with Crippen LogP contribution in [0.5, 0.6) is 0 Å². The number of nitrogens with zero attached hydrogens (tertiary/aromatic N) is 1. The Hall–Kier alpha value is -0.940. The largest absolute Gasteiger partial charge is 0.390 e. The predicted octanol–water partition coefficient (Wildman–Crippen LogP) is 1.88. The summed E-state index contributed by atoms with van der Waals surface area (Å²) in [6, 6.07) is 1.79. The lowest BCUT2D eigenvalue weighted by molar-refractivity contribution is -0.0413. The fourth-order valence-corrected chi connectivity index (χ4v) is 2.56. The second-order valence-corrected chi connectivity index (χ2v) is 5.77. The van der Waals surface area contributed by atoms with Gasteiger partial charge in [-0.25, -0.2) is 0 Å².